The van der Waals surface area contributed by atoms with Gasteiger partial charge in [-0.2, -0.15) is 0 Å². The van der Waals surface area contributed by atoms with Crippen LogP contribution >= 0.6 is 11.6 Å². The maximum atomic E-state index is 6.26. The fourth-order valence-electron chi connectivity index (χ4n) is 2.65. The van der Waals surface area contributed by atoms with Gasteiger partial charge in [-0.3, -0.25) is 0 Å². The molecule has 1 fully saturated rings. The standard InChI is InChI=1S/C14H18ClN3O/c1-10(15)13-17-12-3-2-6-16-14(12)18(13)9-11-4-7-19-8-5-11/h2-3,6,10-11H,4-5,7-9H2,1H3. The predicted octanol–water partition coefficient (Wildman–Crippen LogP) is 3.16. The van der Waals surface area contributed by atoms with Crippen LogP contribution in [0.15, 0.2) is 18.3 Å². The summed E-state index contributed by atoms with van der Waals surface area (Å²) >= 11 is 6.26. The van der Waals surface area contributed by atoms with E-state index in [1.54, 1.807) is 0 Å². The van der Waals surface area contributed by atoms with Crippen molar-refractivity contribution < 1.29 is 4.74 Å². The number of nitrogens with zero attached hydrogens (tertiary/aromatic N) is 3. The van der Waals surface area contributed by atoms with Crippen LogP contribution in [0.4, 0.5) is 0 Å². The van der Waals surface area contributed by atoms with Crippen LogP contribution in [0.3, 0.4) is 0 Å². The largest absolute Gasteiger partial charge is 0.381 e. The van der Waals surface area contributed by atoms with Gasteiger partial charge in [0.25, 0.3) is 0 Å². The molecule has 0 saturated carbocycles. The molecule has 0 bridgehead atoms. The van der Waals surface area contributed by atoms with E-state index >= 15 is 0 Å². The first-order chi connectivity index (χ1) is 9.25. The third-order valence-electron chi connectivity index (χ3n) is 3.67. The molecule has 5 heteroatoms. The first-order valence-corrected chi connectivity index (χ1v) is 7.22. The molecule has 1 unspecified atom stereocenters. The maximum Gasteiger partial charge on any atom is 0.160 e. The van der Waals surface area contributed by atoms with Crippen molar-refractivity contribution in [3.05, 3.63) is 24.2 Å². The Bertz CT molecular complexity index is 561. The molecule has 1 atom stereocenters. The number of ether oxygens (including phenoxy) is 1. The van der Waals surface area contributed by atoms with Crippen LogP contribution in [0, 0.1) is 5.92 Å². The van der Waals surface area contributed by atoms with E-state index < -0.39 is 0 Å². The summed E-state index contributed by atoms with van der Waals surface area (Å²) in [5.74, 6) is 1.55. The van der Waals surface area contributed by atoms with Crippen LogP contribution in [-0.4, -0.2) is 27.7 Å². The zero-order valence-electron chi connectivity index (χ0n) is 11.1. The molecule has 0 amide bonds. The smallest absolute Gasteiger partial charge is 0.160 e. The van der Waals surface area contributed by atoms with E-state index in [4.69, 9.17) is 16.3 Å². The van der Waals surface area contributed by atoms with E-state index in [9.17, 15) is 0 Å². The number of alkyl halides is 1. The van der Waals surface area contributed by atoms with Gasteiger partial charge in [-0.15, -0.1) is 11.6 Å². The quantitative estimate of drug-likeness (QED) is 0.810. The molecule has 0 aromatic carbocycles. The van der Waals surface area contributed by atoms with Crippen LogP contribution in [0.2, 0.25) is 0 Å². The first kappa shape index (κ1) is 12.9. The molecule has 0 spiro atoms. The van der Waals surface area contributed by atoms with Gasteiger partial charge in [0.1, 0.15) is 11.3 Å². The van der Waals surface area contributed by atoms with E-state index in [0.717, 1.165) is 49.6 Å². The Kier molecular flexibility index (Phi) is 3.71. The SMILES string of the molecule is CC(Cl)c1nc2cccnc2n1CC1CCOCC1. The van der Waals surface area contributed by atoms with Crippen LogP contribution in [0.5, 0.6) is 0 Å². The summed E-state index contributed by atoms with van der Waals surface area (Å²) in [7, 11) is 0. The molecular formula is C14H18ClN3O. The summed E-state index contributed by atoms with van der Waals surface area (Å²) in [6, 6.07) is 3.91. The highest BCUT2D eigenvalue weighted by Crippen LogP contribution is 2.26. The number of hydrogen-bond acceptors (Lipinski definition) is 3. The van der Waals surface area contributed by atoms with Gasteiger partial charge >= 0.3 is 0 Å². The number of aromatic nitrogens is 3. The Morgan fingerprint density at radius 1 is 1.47 bits per heavy atom. The lowest BCUT2D eigenvalue weighted by Crippen LogP contribution is -2.21. The van der Waals surface area contributed by atoms with E-state index in [1.165, 1.54) is 0 Å². The highest BCUT2D eigenvalue weighted by atomic mass is 35.5. The second-order valence-corrected chi connectivity index (χ2v) is 5.75. The number of halogens is 1. The zero-order valence-corrected chi connectivity index (χ0v) is 11.8. The summed E-state index contributed by atoms with van der Waals surface area (Å²) in [6.45, 7) is 4.61. The summed E-state index contributed by atoms with van der Waals surface area (Å²) in [6.07, 6.45) is 4.01. The molecule has 3 rings (SSSR count). The Balaban J connectivity index is 1.97. The fourth-order valence-corrected chi connectivity index (χ4v) is 2.81. The normalized spacial score (nSPS) is 18.8. The van der Waals surface area contributed by atoms with Gasteiger partial charge in [0, 0.05) is 26.0 Å². The Labute approximate surface area is 117 Å². The van der Waals surface area contributed by atoms with Gasteiger partial charge in [-0.05, 0) is 37.8 Å². The minimum Gasteiger partial charge on any atom is -0.381 e. The molecule has 2 aromatic rings. The summed E-state index contributed by atoms with van der Waals surface area (Å²) in [5, 5.41) is -0.103. The van der Waals surface area contributed by atoms with E-state index in [2.05, 4.69) is 14.5 Å². The van der Waals surface area contributed by atoms with E-state index in [1.807, 2.05) is 25.3 Å². The van der Waals surface area contributed by atoms with E-state index in [0.29, 0.717) is 5.92 Å². The number of imidazole rings is 1. The second-order valence-electron chi connectivity index (χ2n) is 5.10. The highest BCUT2D eigenvalue weighted by Gasteiger charge is 2.20. The van der Waals surface area contributed by atoms with Crippen molar-refractivity contribution in [1.82, 2.24) is 14.5 Å². The molecule has 3 heterocycles. The summed E-state index contributed by atoms with van der Waals surface area (Å²) < 4.78 is 7.60. The van der Waals surface area contributed by atoms with Crippen LogP contribution in [-0.2, 0) is 11.3 Å². The average Bonchev–Trinajstić information content (AvgIpc) is 2.79. The van der Waals surface area contributed by atoms with Crippen molar-refractivity contribution in [1.29, 1.82) is 0 Å². The van der Waals surface area contributed by atoms with Crippen molar-refractivity contribution in [2.75, 3.05) is 13.2 Å². The molecule has 1 aliphatic rings. The van der Waals surface area contributed by atoms with Crippen molar-refractivity contribution in [3.63, 3.8) is 0 Å². The molecular weight excluding hydrogens is 262 g/mol. The molecule has 2 aromatic heterocycles. The number of fused-ring (bicyclic) bond motifs is 1. The maximum absolute atomic E-state index is 6.26. The van der Waals surface area contributed by atoms with Crippen LogP contribution in [0.1, 0.15) is 31.0 Å². The molecule has 19 heavy (non-hydrogen) atoms. The van der Waals surface area contributed by atoms with Crippen LogP contribution < -0.4 is 0 Å². The molecule has 1 aliphatic heterocycles. The lowest BCUT2D eigenvalue weighted by atomic mass is 10.0. The molecule has 0 radical (unpaired) electrons. The third-order valence-corrected chi connectivity index (χ3v) is 3.87. The van der Waals surface area contributed by atoms with Gasteiger partial charge in [0.2, 0.25) is 0 Å². The summed E-state index contributed by atoms with van der Waals surface area (Å²) in [5.41, 5.74) is 1.87. The van der Waals surface area contributed by atoms with Crippen molar-refractivity contribution >= 4 is 22.8 Å². The Morgan fingerprint density at radius 2 is 2.26 bits per heavy atom. The van der Waals surface area contributed by atoms with Gasteiger partial charge in [-0.25, -0.2) is 9.97 Å². The van der Waals surface area contributed by atoms with E-state index in [-0.39, 0.29) is 5.38 Å². The lowest BCUT2D eigenvalue weighted by Gasteiger charge is -2.23. The molecule has 102 valence electrons. The van der Waals surface area contributed by atoms with Gasteiger partial charge in [-0.1, -0.05) is 0 Å². The minimum atomic E-state index is -0.103. The molecule has 0 aliphatic carbocycles. The molecule has 0 N–H and O–H groups in total. The van der Waals surface area contributed by atoms with Gasteiger partial charge in [0.05, 0.1) is 5.38 Å². The number of hydrogen-bond donors (Lipinski definition) is 0. The Morgan fingerprint density at radius 3 is 3.00 bits per heavy atom. The first-order valence-electron chi connectivity index (χ1n) is 6.78. The van der Waals surface area contributed by atoms with Crippen molar-refractivity contribution in [2.45, 2.75) is 31.7 Å². The number of pyridine rings is 1. The third kappa shape index (κ3) is 2.60. The summed E-state index contributed by atoms with van der Waals surface area (Å²) in [4.78, 5) is 9.08. The molecule has 4 nitrogen and oxygen atoms in total. The minimum absolute atomic E-state index is 0.103. The topological polar surface area (TPSA) is 39.9 Å². The van der Waals surface area contributed by atoms with Crippen molar-refractivity contribution in [2.24, 2.45) is 5.92 Å². The Hall–Kier alpha value is -1.13. The monoisotopic (exact) mass is 279 g/mol. The number of rotatable bonds is 3. The second kappa shape index (κ2) is 5.47. The average molecular weight is 280 g/mol. The van der Waals surface area contributed by atoms with Gasteiger partial charge in [0.15, 0.2) is 5.65 Å². The molecule has 1 saturated heterocycles. The van der Waals surface area contributed by atoms with Crippen molar-refractivity contribution in [3.8, 4) is 0 Å². The van der Waals surface area contributed by atoms with Crippen LogP contribution in [0.25, 0.3) is 11.2 Å². The fraction of sp³-hybridized carbons (Fsp3) is 0.571. The highest BCUT2D eigenvalue weighted by molar-refractivity contribution is 6.20. The predicted molar refractivity (Wildman–Crippen MR) is 75.3 cm³/mol. The zero-order chi connectivity index (χ0) is 13.2. The van der Waals surface area contributed by atoms with Gasteiger partial charge < -0.3 is 9.30 Å². The lowest BCUT2D eigenvalue weighted by molar-refractivity contribution is 0.0613.